The molecule has 3 nitrogen and oxygen atoms in total. The Labute approximate surface area is 111 Å². The van der Waals surface area contributed by atoms with Crippen LogP contribution in [-0.2, 0) is 15.6 Å². The van der Waals surface area contributed by atoms with Gasteiger partial charge in [0.05, 0.1) is 16.3 Å². The largest absolute Gasteiger partial charge is 0.398 e. The lowest BCUT2D eigenvalue weighted by Gasteiger charge is -2.08. The smallest absolute Gasteiger partial charge is 0.184 e. The fraction of sp³-hybridized carbons (Fsp3) is 0.143. The molecule has 0 saturated heterocycles. The maximum absolute atomic E-state index is 12.8. The van der Waals surface area contributed by atoms with Crippen molar-refractivity contribution in [1.82, 2.24) is 0 Å². The molecule has 0 aliphatic heterocycles. The second-order valence-corrected chi connectivity index (χ2v) is 6.38. The number of hydrogen-bond acceptors (Lipinski definition) is 3. The van der Waals surface area contributed by atoms with Crippen LogP contribution < -0.4 is 5.73 Å². The van der Waals surface area contributed by atoms with Crippen molar-refractivity contribution < 1.29 is 12.8 Å². The molecule has 0 radical (unpaired) electrons. The van der Waals surface area contributed by atoms with Crippen molar-refractivity contribution in [2.45, 2.75) is 17.6 Å². The highest BCUT2D eigenvalue weighted by atomic mass is 32.2. The zero-order chi connectivity index (χ0) is 14.0. The number of aryl methyl sites for hydroxylation is 1. The van der Waals surface area contributed by atoms with Gasteiger partial charge in [0.15, 0.2) is 9.84 Å². The molecule has 0 unspecified atom stereocenters. The van der Waals surface area contributed by atoms with Crippen LogP contribution in [0.3, 0.4) is 0 Å². The van der Waals surface area contributed by atoms with Crippen LogP contribution in [0.2, 0.25) is 0 Å². The second-order valence-electron chi connectivity index (χ2n) is 4.43. The summed E-state index contributed by atoms with van der Waals surface area (Å²) in [6, 6.07) is 10.2. The number of hydrogen-bond donors (Lipinski definition) is 1. The molecular weight excluding hydrogens is 265 g/mol. The van der Waals surface area contributed by atoms with Crippen LogP contribution >= 0.6 is 0 Å². The second kappa shape index (κ2) is 5.01. The van der Waals surface area contributed by atoms with Crippen molar-refractivity contribution in [2.24, 2.45) is 0 Å². The molecule has 2 aromatic carbocycles. The maximum Gasteiger partial charge on any atom is 0.184 e. The zero-order valence-electron chi connectivity index (χ0n) is 10.4. The van der Waals surface area contributed by atoms with Crippen LogP contribution in [0.5, 0.6) is 0 Å². The fourth-order valence-corrected chi connectivity index (χ4v) is 3.31. The predicted molar refractivity (Wildman–Crippen MR) is 72.9 cm³/mol. The lowest BCUT2D eigenvalue weighted by Crippen LogP contribution is -2.08. The summed E-state index contributed by atoms with van der Waals surface area (Å²) in [5, 5.41) is 0. The zero-order valence-corrected chi connectivity index (χ0v) is 11.2. The molecule has 0 spiro atoms. The Morgan fingerprint density at radius 1 is 1.11 bits per heavy atom. The van der Waals surface area contributed by atoms with E-state index in [0.29, 0.717) is 5.56 Å². The van der Waals surface area contributed by atoms with E-state index in [1.165, 1.54) is 30.3 Å². The first kappa shape index (κ1) is 13.5. The topological polar surface area (TPSA) is 60.2 Å². The molecule has 19 heavy (non-hydrogen) atoms. The molecule has 2 N–H and O–H groups in total. The van der Waals surface area contributed by atoms with Gasteiger partial charge in [-0.3, -0.25) is 0 Å². The van der Waals surface area contributed by atoms with Gasteiger partial charge in [0.1, 0.15) is 5.82 Å². The molecule has 0 aromatic heterocycles. The summed E-state index contributed by atoms with van der Waals surface area (Å²) >= 11 is 0. The molecule has 0 saturated carbocycles. The Morgan fingerprint density at radius 2 is 1.74 bits per heavy atom. The van der Waals surface area contributed by atoms with Crippen molar-refractivity contribution in [3.05, 3.63) is 59.4 Å². The lowest BCUT2D eigenvalue weighted by molar-refractivity contribution is 0.595. The molecular formula is C14H14FNO2S. The Bertz CT molecular complexity index is 694. The summed E-state index contributed by atoms with van der Waals surface area (Å²) < 4.78 is 37.3. The highest BCUT2D eigenvalue weighted by Crippen LogP contribution is 2.23. The summed E-state index contributed by atoms with van der Waals surface area (Å²) in [5.74, 6) is -0.587. The number of rotatable bonds is 3. The third kappa shape index (κ3) is 3.12. The van der Waals surface area contributed by atoms with E-state index in [-0.39, 0.29) is 16.3 Å². The minimum absolute atomic E-state index is 0.113. The summed E-state index contributed by atoms with van der Waals surface area (Å²) in [5.41, 5.74) is 7.41. The first-order chi connectivity index (χ1) is 8.88. The number of sulfone groups is 1. The van der Waals surface area contributed by atoms with Gasteiger partial charge >= 0.3 is 0 Å². The van der Waals surface area contributed by atoms with Gasteiger partial charge in [-0.05, 0) is 42.3 Å². The van der Waals surface area contributed by atoms with Gasteiger partial charge in [-0.1, -0.05) is 18.2 Å². The number of nitrogens with two attached hydrogens (primary N) is 1. The van der Waals surface area contributed by atoms with Gasteiger partial charge < -0.3 is 5.73 Å². The van der Waals surface area contributed by atoms with Gasteiger partial charge in [0.25, 0.3) is 0 Å². The Balaban J connectivity index is 2.35. The van der Waals surface area contributed by atoms with Crippen molar-refractivity contribution in [2.75, 3.05) is 5.73 Å². The summed E-state index contributed by atoms with van der Waals surface area (Å²) in [6.45, 7) is 1.84. The number of nitrogen functional groups attached to an aromatic ring is 1. The summed E-state index contributed by atoms with van der Waals surface area (Å²) in [6.07, 6.45) is 0. The Kier molecular flexibility index (Phi) is 3.57. The number of anilines is 1. The van der Waals surface area contributed by atoms with E-state index in [1.54, 1.807) is 12.1 Å². The predicted octanol–water partition coefficient (Wildman–Crippen LogP) is 2.69. The van der Waals surface area contributed by atoms with Crippen LogP contribution in [0.1, 0.15) is 11.1 Å². The third-order valence-corrected chi connectivity index (χ3v) is 4.53. The molecule has 100 valence electrons. The molecule has 0 bridgehead atoms. The molecule has 5 heteroatoms. The van der Waals surface area contributed by atoms with Crippen molar-refractivity contribution >= 4 is 15.5 Å². The first-order valence-corrected chi connectivity index (χ1v) is 7.37. The van der Waals surface area contributed by atoms with Crippen LogP contribution in [-0.4, -0.2) is 8.42 Å². The molecule has 2 aromatic rings. The Morgan fingerprint density at radius 3 is 2.32 bits per heavy atom. The van der Waals surface area contributed by atoms with Gasteiger partial charge in [0, 0.05) is 0 Å². The van der Waals surface area contributed by atoms with Crippen molar-refractivity contribution in [1.29, 1.82) is 0 Å². The molecule has 0 amide bonds. The van der Waals surface area contributed by atoms with Gasteiger partial charge in [-0.2, -0.15) is 0 Å². The highest BCUT2D eigenvalue weighted by molar-refractivity contribution is 7.90. The van der Waals surface area contributed by atoms with E-state index < -0.39 is 15.7 Å². The Hall–Kier alpha value is -1.88. The van der Waals surface area contributed by atoms with E-state index in [0.717, 1.165) is 5.56 Å². The SMILES string of the molecule is Cc1ccc(S(=O)(=O)Cc2ccc(F)cc2)c(N)c1. The molecule has 0 fully saturated rings. The lowest BCUT2D eigenvalue weighted by atomic mass is 10.2. The van der Waals surface area contributed by atoms with Crippen LogP contribution in [0.25, 0.3) is 0 Å². The van der Waals surface area contributed by atoms with E-state index >= 15 is 0 Å². The summed E-state index contributed by atoms with van der Waals surface area (Å²) in [7, 11) is -3.52. The average Bonchev–Trinajstić information content (AvgIpc) is 2.31. The quantitative estimate of drug-likeness (QED) is 0.879. The van der Waals surface area contributed by atoms with Crippen LogP contribution in [0.4, 0.5) is 10.1 Å². The molecule has 0 heterocycles. The molecule has 0 atom stereocenters. The van der Waals surface area contributed by atoms with E-state index in [4.69, 9.17) is 5.73 Å². The van der Waals surface area contributed by atoms with Gasteiger partial charge in [-0.15, -0.1) is 0 Å². The van der Waals surface area contributed by atoms with Crippen molar-refractivity contribution in [3.8, 4) is 0 Å². The average molecular weight is 279 g/mol. The third-order valence-electron chi connectivity index (χ3n) is 2.77. The number of halogens is 1. The monoisotopic (exact) mass is 279 g/mol. The molecule has 2 rings (SSSR count). The molecule has 0 aliphatic rings. The van der Waals surface area contributed by atoms with Crippen LogP contribution in [0.15, 0.2) is 47.4 Å². The normalized spacial score (nSPS) is 11.5. The van der Waals surface area contributed by atoms with Crippen LogP contribution in [0, 0.1) is 12.7 Å². The first-order valence-electron chi connectivity index (χ1n) is 5.72. The van der Waals surface area contributed by atoms with Crippen molar-refractivity contribution in [3.63, 3.8) is 0 Å². The molecule has 0 aliphatic carbocycles. The highest BCUT2D eigenvalue weighted by Gasteiger charge is 2.18. The van der Waals surface area contributed by atoms with Gasteiger partial charge in [-0.25, -0.2) is 12.8 Å². The van der Waals surface area contributed by atoms with Gasteiger partial charge in [0.2, 0.25) is 0 Å². The minimum Gasteiger partial charge on any atom is -0.398 e. The number of benzene rings is 2. The fourth-order valence-electron chi connectivity index (χ4n) is 1.83. The van der Waals surface area contributed by atoms with E-state index in [1.807, 2.05) is 6.92 Å². The summed E-state index contributed by atoms with van der Waals surface area (Å²) in [4.78, 5) is 0.113. The maximum atomic E-state index is 12.8. The standard InChI is InChI=1S/C14H14FNO2S/c1-10-2-7-14(13(16)8-10)19(17,18)9-11-3-5-12(15)6-4-11/h2-8H,9,16H2,1H3. The minimum atomic E-state index is -3.52. The van der Waals surface area contributed by atoms with E-state index in [2.05, 4.69) is 0 Å². The van der Waals surface area contributed by atoms with E-state index in [9.17, 15) is 12.8 Å².